The molecule has 0 spiro atoms. The number of ether oxygens (including phenoxy) is 1. The van der Waals surface area contributed by atoms with Crippen LogP contribution in [-0.4, -0.2) is 32.9 Å². The lowest BCUT2D eigenvalue weighted by Gasteiger charge is -2.25. The molecule has 0 saturated heterocycles. The molecule has 3 aromatic carbocycles. The lowest BCUT2D eigenvalue weighted by atomic mass is 10.1. The Morgan fingerprint density at radius 3 is 2.47 bits per heavy atom. The number of nitrogens with zero attached hydrogens (tertiary/aromatic N) is 1. The van der Waals surface area contributed by atoms with Crippen LogP contribution in [0.4, 0.5) is 11.4 Å². The fourth-order valence-corrected chi connectivity index (χ4v) is 5.53. The molecule has 0 aromatic heterocycles. The van der Waals surface area contributed by atoms with Crippen LogP contribution in [0.1, 0.15) is 24.2 Å². The maximum atomic E-state index is 13.2. The molecule has 3 aromatic rings. The summed E-state index contributed by atoms with van der Waals surface area (Å²) in [7, 11) is -3.89. The van der Waals surface area contributed by atoms with Crippen molar-refractivity contribution in [1.82, 2.24) is 0 Å². The summed E-state index contributed by atoms with van der Waals surface area (Å²) in [6.45, 7) is 3.41. The van der Waals surface area contributed by atoms with Crippen LogP contribution < -0.4 is 9.62 Å². The van der Waals surface area contributed by atoms with E-state index >= 15 is 0 Å². The number of amides is 1. The topological polar surface area (TPSA) is 92.8 Å². The predicted molar refractivity (Wildman–Crippen MR) is 114 cm³/mol. The number of para-hydroxylation sites is 1. The first-order valence-electron chi connectivity index (χ1n) is 9.49. The van der Waals surface area contributed by atoms with Crippen molar-refractivity contribution in [1.29, 1.82) is 0 Å². The van der Waals surface area contributed by atoms with E-state index in [-0.39, 0.29) is 22.8 Å². The zero-order valence-corrected chi connectivity index (χ0v) is 17.3. The number of carbonyl (C=O) groups is 2. The van der Waals surface area contributed by atoms with E-state index in [1.165, 1.54) is 6.92 Å². The molecule has 0 unspecified atom stereocenters. The standard InChI is InChI=1S/C22H20N2O5S/c1-3-29-22(26)16-10-4-5-11-17(16)23-21(25)14(2)24-18-12-6-8-15-9-7-13-19(20(15)18)30(24,27)28/h4-14H,3H2,1-2H3,(H,23,25)/t14-/m1/s1. The normalized spacial score (nSPS) is 15.1. The van der Waals surface area contributed by atoms with Gasteiger partial charge in [0.1, 0.15) is 6.04 Å². The van der Waals surface area contributed by atoms with Crippen LogP contribution in [0.2, 0.25) is 0 Å². The lowest BCUT2D eigenvalue weighted by molar-refractivity contribution is -0.116. The zero-order chi connectivity index (χ0) is 21.5. The highest BCUT2D eigenvalue weighted by molar-refractivity contribution is 7.93. The second-order valence-corrected chi connectivity index (χ2v) is 8.65. The fourth-order valence-electron chi connectivity index (χ4n) is 3.66. The first-order valence-corrected chi connectivity index (χ1v) is 10.9. The zero-order valence-electron chi connectivity index (χ0n) is 16.5. The second-order valence-electron chi connectivity index (χ2n) is 6.86. The largest absolute Gasteiger partial charge is 0.462 e. The molecular formula is C22H20N2O5S. The van der Waals surface area contributed by atoms with E-state index in [0.29, 0.717) is 11.1 Å². The summed E-state index contributed by atoms with van der Waals surface area (Å²) in [4.78, 5) is 25.4. The van der Waals surface area contributed by atoms with Gasteiger partial charge >= 0.3 is 5.97 Å². The Hall–Kier alpha value is -3.39. The third-order valence-electron chi connectivity index (χ3n) is 5.03. The Balaban J connectivity index is 1.69. The van der Waals surface area contributed by atoms with Crippen LogP contribution in [0.25, 0.3) is 10.8 Å². The van der Waals surface area contributed by atoms with Crippen LogP contribution in [0.15, 0.2) is 65.6 Å². The van der Waals surface area contributed by atoms with Crippen molar-refractivity contribution in [3.8, 4) is 0 Å². The Morgan fingerprint density at radius 1 is 1.03 bits per heavy atom. The van der Waals surface area contributed by atoms with Gasteiger partial charge in [0, 0.05) is 5.39 Å². The van der Waals surface area contributed by atoms with Gasteiger partial charge in [-0.1, -0.05) is 36.4 Å². The van der Waals surface area contributed by atoms with E-state index in [1.54, 1.807) is 55.5 Å². The van der Waals surface area contributed by atoms with Gasteiger partial charge in [0.15, 0.2) is 0 Å². The number of hydrogen-bond acceptors (Lipinski definition) is 5. The Labute approximate surface area is 174 Å². The van der Waals surface area contributed by atoms with Gasteiger partial charge in [0.05, 0.1) is 28.4 Å². The van der Waals surface area contributed by atoms with Crippen molar-refractivity contribution >= 4 is 44.0 Å². The first-order chi connectivity index (χ1) is 14.4. The van der Waals surface area contributed by atoms with Gasteiger partial charge in [-0.3, -0.25) is 9.10 Å². The van der Waals surface area contributed by atoms with Crippen molar-refractivity contribution in [2.45, 2.75) is 24.8 Å². The minimum Gasteiger partial charge on any atom is -0.462 e. The molecule has 4 rings (SSSR count). The molecule has 7 nitrogen and oxygen atoms in total. The Morgan fingerprint density at radius 2 is 1.73 bits per heavy atom. The maximum absolute atomic E-state index is 13.2. The highest BCUT2D eigenvalue weighted by atomic mass is 32.2. The molecule has 1 amide bonds. The summed E-state index contributed by atoms with van der Waals surface area (Å²) < 4.78 is 32.6. The molecule has 154 valence electrons. The number of hydrogen-bond donors (Lipinski definition) is 1. The SMILES string of the molecule is CCOC(=O)c1ccccc1NC(=O)[C@@H](C)N1c2cccc3cccc(c23)S1(=O)=O. The van der Waals surface area contributed by atoms with Crippen molar-refractivity contribution < 1.29 is 22.7 Å². The third-order valence-corrected chi connectivity index (χ3v) is 6.96. The van der Waals surface area contributed by atoms with Gasteiger partial charge in [-0.25, -0.2) is 13.2 Å². The molecule has 1 atom stereocenters. The molecule has 0 radical (unpaired) electrons. The van der Waals surface area contributed by atoms with Gasteiger partial charge in [-0.2, -0.15) is 0 Å². The summed E-state index contributed by atoms with van der Waals surface area (Å²) in [5, 5.41) is 4.07. The van der Waals surface area contributed by atoms with Crippen molar-refractivity contribution in [2.24, 2.45) is 0 Å². The summed E-state index contributed by atoms with van der Waals surface area (Å²) >= 11 is 0. The third kappa shape index (κ3) is 3.09. The highest BCUT2D eigenvalue weighted by Gasteiger charge is 2.41. The number of benzene rings is 3. The summed E-state index contributed by atoms with van der Waals surface area (Å²) in [6.07, 6.45) is 0. The average Bonchev–Trinajstić information content (AvgIpc) is 2.96. The van der Waals surface area contributed by atoms with Gasteiger partial charge in [0.25, 0.3) is 10.0 Å². The van der Waals surface area contributed by atoms with Gasteiger partial charge in [0.2, 0.25) is 5.91 Å². The molecule has 0 saturated carbocycles. The minimum atomic E-state index is -3.89. The summed E-state index contributed by atoms with van der Waals surface area (Å²) in [6, 6.07) is 15.8. The van der Waals surface area contributed by atoms with E-state index in [0.717, 1.165) is 9.69 Å². The van der Waals surface area contributed by atoms with Crippen LogP contribution in [0, 0.1) is 0 Å². The molecule has 1 N–H and O–H groups in total. The van der Waals surface area contributed by atoms with E-state index < -0.39 is 27.9 Å². The van der Waals surface area contributed by atoms with Gasteiger partial charge in [-0.05, 0) is 43.5 Å². The summed E-state index contributed by atoms with van der Waals surface area (Å²) in [5.74, 6) is -1.12. The number of rotatable bonds is 5. The lowest BCUT2D eigenvalue weighted by Crippen LogP contribution is -2.44. The monoisotopic (exact) mass is 424 g/mol. The fraction of sp³-hybridized carbons (Fsp3) is 0.182. The molecule has 0 aliphatic carbocycles. The van der Waals surface area contributed by atoms with Crippen molar-refractivity contribution in [3.05, 3.63) is 66.2 Å². The molecule has 30 heavy (non-hydrogen) atoms. The highest BCUT2D eigenvalue weighted by Crippen LogP contribution is 2.43. The first kappa shape index (κ1) is 19.9. The van der Waals surface area contributed by atoms with E-state index in [9.17, 15) is 18.0 Å². The number of anilines is 2. The number of nitrogens with one attached hydrogen (secondary N) is 1. The van der Waals surface area contributed by atoms with E-state index in [1.807, 2.05) is 12.1 Å². The number of esters is 1. The predicted octanol–water partition coefficient (Wildman–Crippen LogP) is 3.55. The maximum Gasteiger partial charge on any atom is 0.340 e. The minimum absolute atomic E-state index is 0.183. The number of carbonyl (C=O) groups excluding carboxylic acids is 2. The van der Waals surface area contributed by atoms with Crippen LogP contribution in [-0.2, 0) is 19.6 Å². The van der Waals surface area contributed by atoms with Gasteiger partial charge in [-0.15, -0.1) is 0 Å². The molecule has 1 aliphatic rings. The Kier molecular flexibility index (Phi) is 4.95. The molecule has 1 heterocycles. The number of sulfonamides is 1. The second kappa shape index (κ2) is 7.46. The smallest absolute Gasteiger partial charge is 0.340 e. The summed E-state index contributed by atoms with van der Waals surface area (Å²) in [5.41, 5.74) is 0.930. The quantitative estimate of drug-likeness (QED) is 0.633. The molecule has 8 heteroatoms. The van der Waals surface area contributed by atoms with Crippen LogP contribution >= 0.6 is 0 Å². The molecular weight excluding hydrogens is 404 g/mol. The molecule has 1 aliphatic heterocycles. The molecule has 0 bridgehead atoms. The van der Waals surface area contributed by atoms with Gasteiger partial charge < -0.3 is 10.1 Å². The van der Waals surface area contributed by atoms with E-state index in [4.69, 9.17) is 4.74 Å². The van der Waals surface area contributed by atoms with Crippen molar-refractivity contribution in [3.63, 3.8) is 0 Å². The van der Waals surface area contributed by atoms with Crippen LogP contribution in [0.5, 0.6) is 0 Å². The van der Waals surface area contributed by atoms with E-state index in [2.05, 4.69) is 5.32 Å². The van der Waals surface area contributed by atoms with Crippen LogP contribution in [0.3, 0.4) is 0 Å². The Bertz CT molecular complexity index is 1260. The van der Waals surface area contributed by atoms with Crippen molar-refractivity contribution in [2.75, 3.05) is 16.2 Å². The molecule has 0 fully saturated rings. The average molecular weight is 424 g/mol.